The first-order valence-corrected chi connectivity index (χ1v) is 8.90. The third-order valence-corrected chi connectivity index (χ3v) is 4.41. The van der Waals surface area contributed by atoms with Gasteiger partial charge in [0, 0.05) is 17.2 Å². The molecule has 0 saturated carbocycles. The summed E-state index contributed by atoms with van der Waals surface area (Å²) in [5, 5.41) is 25.9. The number of nitro benzene ring substituents is 1. The molecule has 0 heterocycles. The SMILES string of the molecule is CC(C)C(NC(=O)c1ccc([N+](=O)[O-])cc1Cl)C(=O)Nc1cc(Cl)ccc1O. The summed E-state index contributed by atoms with van der Waals surface area (Å²) in [7, 11) is 0. The number of amides is 2. The van der Waals surface area contributed by atoms with Crippen molar-refractivity contribution in [1.29, 1.82) is 0 Å². The lowest BCUT2D eigenvalue weighted by atomic mass is 10.0. The zero-order valence-corrected chi connectivity index (χ0v) is 16.4. The molecule has 0 saturated heterocycles. The summed E-state index contributed by atoms with van der Waals surface area (Å²) in [6.07, 6.45) is 0. The lowest BCUT2D eigenvalue weighted by Crippen LogP contribution is -2.47. The fraction of sp³-hybridized carbons (Fsp3) is 0.222. The number of nitro groups is 1. The second-order valence-corrected chi connectivity index (χ2v) is 7.11. The highest BCUT2D eigenvalue weighted by atomic mass is 35.5. The van der Waals surface area contributed by atoms with Crippen molar-refractivity contribution in [2.75, 3.05) is 5.32 Å². The molecule has 2 aromatic carbocycles. The number of benzene rings is 2. The predicted molar refractivity (Wildman–Crippen MR) is 106 cm³/mol. The van der Waals surface area contributed by atoms with E-state index in [4.69, 9.17) is 23.2 Å². The highest BCUT2D eigenvalue weighted by Crippen LogP contribution is 2.27. The fourth-order valence-corrected chi connectivity index (χ4v) is 2.81. The molecule has 0 bridgehead atoms. The van der Waals surface area contributed by atoms with E-state index in [9.17, 15) is 24.8 Å². The normalized spacial score (nSPS) is 11.8. The van der Waals surface area contributed by atoms with Crippen LogP contribution in [-0.4, -0.2) is 27.9 Å². The van der Waals surface area contributed by atoms with E-state index in [1.165, 1.54) is 24.3 Å². The Kier molecular flexibility index (Phi) is 6.82. The van der Waals surface area contributed by atoms with Crippen LogP contribution in [0.3, 0.4) is 0 Å². The maximum atomic E-state index is 12.6. The van der Waals surface area contributed by atoms with Gasteiger partial charge in [-0.2, -0.15) is 0 Å². The molecule has 2 aromatic rings. The number of carbonyl (C=O) groups is 2. The minimum atomic E-state index is -0.961. The maximum absolute atomic E-state index is 12.6. The first-order valence-electron chi connectivity index (χ1n) is 8.14. The molecular weight excluding hydrogens is 409 g/mol. The summed E-state index contributed by atoms with van der Waals surface area (Å²) in [6, 6.07) is 6.63. The Morgan fingerprint density at radius 1 is 1.14 bits per heavy atom. The molecule has 0 aromatic heterocycles. The van der Waals surface area contributed by atoms with E-state index in [1.807, 2.05) is 0 Å². The molecule has 8 nitrogen and oxygen atoms in total. The topological polar surface area (TPSA) is 122 Å². The van der Waals surface area contributed by atoms with Gasteiger partial charge >= 0.3 is 0 Å². The molecule has 0 fully saturated rings. The van der Waals surface area contributed by atoms with Gasteiger partial charge in [0.05, 0.1) is 21.2 Å². The molecule has 2 amide bonds. The summed E-state index contributed by atoms with van der Waals surface area (Å²) in [5.74, 6) is -1.71. The Hall–Kier alpha value is -2.84. The first-order chi connectivity index (χ1) is 13.1. The van der Waals surface area contributed by atoms with Crippen LogP contribution in [0.2, 0.25) is 10.0 Å². The van der Waals surface area contributed by atoms with Crippen LogP contribution in [0.4, 0.5) is 11.4 Å². The molecule has 0 aliphatic heterocycles. The summed E-state index contributed by atoms with van der Waals surface area (Å²) < 4.78 is 0. The third-order valence-electron chi connectivity index (χ3n) is 3.86. The third kappa shape index (κ3) is 5.11. The first kappa shape index (κ1) is 21.5. The number of phenolic OH excluding ortho intramolecular Hbond substituents is 1. The molecule has 148 valence electrons. The summed E-state index contributed by atoms with van der Waals surface area (Å²) >= 11 is 11.8. The van der Waals surface area contributed by atoms with E-state index in [0.717, 1.165) is 12.1 Å². The van der Waals surface area contributed by atoms with Gasteiger partial charge in [-0.25, -0.2) is 0 Å². The van der Waals surface area contributed by atoms with Crippen LogP contribution in [0.15, 0.2) is 36.4 Å². The molecular formula is C18H17Cl2N3O5. The molecule has 1 unspecified atom stereocenters. The fourth-order valence-electron chi connectivity index (χ4n) is 2.37. The largest absolute Gasteiger partial charge is 0.506 e. The maximum Gasteiger partial charge on any atom is 0.270 e. The van der Waals surface area contributed by atoms with E-state index in [-0.39, 0.29) is 33.6 Å². The van der Waals surface area contributed by atoms with Crippen LogP contribution in [0, 0.1) is 16.0 Å². The highest BCUT2D eigenvalue weighted by Gasteiger charge is 2.26. The molecule has 0 spiro atoms. The van der Waals surface area contributed by atoms with Crippen molar-refractivity contribution in [1.82, 2.24) is 5.32 Å². The summed E-state index contributed by atoms with van der Waals surface area (Å²) in [4.78, 5) is 35.3. The van der Waals surface area contributed by atoms with E-state index in [1.54, 1.807) is 13.8 Å². The van der Waals surface area contributed by atoms with Crippen LogP contribution in [0.5, 0.6) is 5.75 Å². The van der Waals surface area contributed by atoms with Crippen LogP contribution >= 0.6 is 23.2 Å². The van der Waals surface area contributed by atoms with Crippen LogP contribution < -0.4 is 10.6 Å². The van der Waals surface area contributed by atoms with Crippen molar-refractivity contribution in [3.8, 4) is 5.75 Å². The number of phenols is 1. The number of aromatic hydroxyl groups is 1. The molecule has 0 aliphatic carbocycles. The van der Waals surface area contributed by atoms with Crippen molar-refractivity contribution in [2.24, 2.45) is 5.92 Å². The second-order valence-electron chi connectivity index (χ2n) is 6.27. The summed E-state index contributed by atoms with van der Waals surface area (Å²) in [5.41, 5.74) is -0.154. The molecule has 1 atom stereocenters. The standard InChI is InChI=1S/C18H17Cl2N3O5/c1-9(2)16(18(26)21-14-7-10(19)3-6-15(14)24)22-17(25)12-5-4-11(23(27)28)8-13(12)20/h3-9,16,24H,1-2H3,(H,21,26)(H,22,25). The van der Waals surface area contributed by atoms with Gasteiger partial charge in [-0.05, 0) is 30.2 Å². The van der Waals surface area contributed by atoms with Crippen LogP contribution in [0.1, 0.15) is 24.2 Å². The molecule has 10 heteroatoms. The number of halogens is 2. The molecule has 3 N–H and O–H groups in total. The quantitative estimate of drug-likeness (QED) is 0.366. The minimum Gasteiger partial charge on any atom is -0.506 e. The Bertz CT molecular complexity index is 933. The minimum absolute atomic E-state index is 0.00341. The van der Waals surface area contributed by atoms with Gasteiger partial charge in [-0.1, -0.05) is 37.0 Å². The molecule has 0 radical (unpaired) electrons. The van der Waals surface area contributed by atoms with Gasteiger partial charge in [-0.3, -0.25) is 19.7 Å². The van der Waals surface area contributed by atoms with Crippen LogP contribution in [0.25, 0.3) is 0 Å². The van der Waals surface area contributed by atoms with Gasteiger partial charge in [0.25, 0.3) is 11.6 Å². The lowest BCUT2D eigenvalue weighted by molar-refractivity contribution is -0.384. The van der Waals surface area contributed by atoms with E-state index >= 15 is 0 Å². The number of nitrogens with zero attached hydrogens (tertiary/aromatic N) is 1. The van der Waals surface area contributed by atoms with Crippen molar-refractivity contribution in [3.05, 3.63) is 62.1 Å². The number of nitrogens with one attached hydrogen (secondary N) is 2. The average molecular weight is 426 g/mol. The van der Waals surface area contributed by atoms with Crippen molar-refractivity contribution < 1.29 is 19.6 Å². The lowest BCUT2D eigenvalue weighted by Gasteiger charge is -2.22. The number of hydrogen-bond acceptors (Lipinski definition) is 5. The monoisotopic (exact) mass is 425 g/mol. The van der Waals surface area contributed by atoms with Crippen molar-refractivity contribution >= 4 is 46.4 Å². The number of carbonyl (C=O) groups excluding carboxylic acids is 2. The van der Waals surface area contributed by atoms with Crippen molar-refractivity contribution in [3.63, 3.8) is 0 Å². The van der Waals surface area contributed by atoms with E-state index in [2.05, 4.69) is 10.6 Å². The van der Waals surface area contributed by atoms with Crippen LogP contribution in [-0.2, 0) is 4.79 Å². The zero-order chi connectivity index (χ0) is 21.0. The Morgan fingerprint density at radius 3 is 2.39 bits per heavy atom. The average Bonchev–Trinajstić information content (AvgIpc) is 2.61. The van der Waals surface area contributed by atoms with Gasteiger partial charge in [0.1, 0.15) is 11.8 Å². The number of anilines is 1. The Balaban J connectivity index is 2.20. The van der Waals surface area contributed by atoms with Crippen molar-refractivity contribution in [2.45, 2.75) is 19.9 Å². The van der Waals surface area contributed by atoms with E-state index < -0.39 is 22.8 Å². The zero-order valence-electron chi connectivity index (χ0n) is 14.9. The number of hydrogen-bond donors (Lipinski definition) is 3. The number of non-ortho nitro benzene ring substituents is 1. The highest BCUT2D eigenvalue weighted by molar-refractivity contribution is 6.34. The molecule has 0 aliphatic rings. The molecule has 2 rings (SSSR count). The van der Waals surface area contributed by atoms with Gasteiger partial charge in [0.2, 0.25) is 5.91 Å². The second kappa shape index (κ2) is 8.90. The summed E-state index contributed by atoms with van der Waals surface area (Å²) in [6.45, 7) is 3.44. The smallest absolute Gasteiger partial charge is 0.270 e. The molecule has 28 heavy (non-hydrogen) atoms. The van der Waals surface area contributed by atoms with Gasteiger partial charge in [0.15, 0.2) is 0 Å². The predicted octanol–water partition coefficient (Wildman–Crippen LogP) is 4.00. The van der Waals surface area contributed by atoms with E-state index in [0.29, 0.717) is 5.02 Å². The number of rotatable bonds is 6. The Labute approximate surface area is 170 Å². The Morgan fingerprint density at radius 2 is 1.82 bits per heavy atom. The van der Waals surface area contributed by atoms with Gasteiger partial charge < -0.3 is 15.7 Å². The van der Waals surface area contributed by atoms with Gasteiger partial charge in [-0.15, -0.1) is 0 Å².